The summed E-state index contributed by atoms with van der Waals surface area (Å²) < 4.78 is 5.91. The number of likely N-dealkylation sites (N-methyl/N-ethyl adjacent to an activating group) is 1. The zero-order chi connectivity index (χ0) is 13.9. The van der Waals surface area contributed by atoms with Crippen LogP contribution in [0.2, 0.25) is 0 Å². The highest BCUT2D eigenvalue weighted by Crippen LogP contribution is 2.37. The molecular formula is C18H19NO. The predicted octanol–water partition coefficient (Wildman–Crippen LogP) is 3.49. The molecule has 1 aliphatic heterocycles. The van der Waals surface area contributed by atoms with Crippen LogP contribution in [0.25, 0.3) is 5.57 Å². The van der Waals surface area contributed by atoms with E-state index in [-0.39, 0.29) is 0 Å². The number of hydrogen-bond donors (Lipinski definition) is 1. The minimum atomic E-state index is 0.290. The second-order valence-corrected chi connectivity index (χ2v) is 5.06. The molecule has 1 N–H and O–H groups in total. The van der Waals surface area contributed by atoms with Gasteiger partial charge in [-0.15, -0.1) is 0 Å². The molecule has 102 valence electrons. The third-order valence-electron chi connectivity index (χ3n) is 3.88. The Hall–Kier alpha value is -2.06. The number of fused-ring (bicyclic) bond motifs is 1. The van der Waals surface area contributed by atoms with Crippen LogP contribution in [0.4, 0.5) is 0 Å². The Morgan fingerprint density at radius 3 is 2.45 bits per heavy atom. The van der Waals surface area contributed by atoms with Gasteiger partial charge in [0.15, 0.2) is 0 Å². The fourth-order valence-corrected chi connectivity index (χ4v) is 2.66. The molecule has 0 saturated carbocycles. The largest absolute Gasteiger partial charge is 0.489 e. The minimum Gasteiger partial charge on any atom is -0.489 e. The summed E-state index contributed by atoms with van der Waals surface area (Å²) in [5, 5.41) is 3.33. The van der Waals surface area contributed by atoms with Crippen molar-refractivity contribution in [3.63, 3.8) is 0 Å². The third kappa shape index (κ3) is 2.23. The van der Waals surface area contributed by atoms with Gasteiger partial charge in [-0.05, 0) is 36.7 Å². The first kappa shape index (κ1) is 12.9. The Kier molecular flexibility index (Phi) is 3.57. The first-order valence-corrected chi connectivity index (χ1v) is 6.99. The first-order valence-electron chi connectivity index (χ1n) is 6.99. The zero-order valence-electron chi connectivity index (χ0n) is 11.9. The van der Waals surface area contributed by atoms with E-state index >= 15 is 0 Å². The predicted molar refractivity (Wildman–Crippen MR) is 82.9 cm³/mol. The standard InChI is InChI=1S/C18H19NO/c1-13(19-2)16-12-20-17-11-7-6-10-15(17)18(16)14-8-4-3-5-9-14/h3-11,13,19H,12H2,1-2H3. The average Bonchev–Trinajstić information content (AvgIpc) is 2.53. The van der Waals surface area contributed by atoms with E-state index in [2.05, 4.69) is 54.7 Å². The molecular weight excluding hydrogens is 246 g/mol. The van der Waals surface area contributed by atoms with Gasteiger partial charge in [-0.2, -0.15) is 0 Å². The molecule has 3 rings (SSSR count). The monoisotopic (exact) mass is 265 g/mol. The van der Waals surface area contributed by atoms with Gasteiger partial charge >= 0.3 is 0 Å². The molecule has 2 heteroatoms. The van der Waals surface area contributed by atoms with E-state index in [0.717, 1.165) is 5.75 Å². The number of rotatable bonds is 3. The van der Waals surface area contributed by atoms with Crippen molar-refractivity contribution in [3.8, 4) is 5.75 Å². The van der Waals surface area contributed by atoms with E-state index < -0.39 is 0 Å². The smallest absolute Gasteiger partial charge is 0.127 e. The topological polar surface area (TPSA) is 21.3 Å². The normalized spacial score (nSPS) is 15.5. The molecule has 1 atom stereocenters. The van der Waals surface area contributed by atoms with E-state index in [1.54, 1.807) is 0 Å². The molecule has 0 amide bonds. The van der Waals surface area contributed by atoms with Gasteiger partial charge in [0, 0.05) is 11.6 Å². The van der Waals surface area contributed by atoms with Gasteiger partial charge < -0.3 is 10.1 Å². The second-order valence-electron chi connectivity index (χ2n) is 5.06. The molecule has 2 aromatic rings. The van der Waals surface area contributed by atoms with Gasteiger partial charge in [0.25, 0.3) is 0 Å². The first-order chi connectivity index (χ1) is 9.81. The summed E-state index contributed by atoms with van der Waals surface area (Å²) in [6, 6.07) is 19.1. The van der Waals surface area contributed by atoms with Gasteiger partial charge in [-0.1, -0.05) is 48.5 Å². The molecule has 0 radical (unpaired) electrons. The summed E-state index contributed by atoms with van der Waals surface area (Å²) in [5.74, 6) is 0.971. The lowest BCUT2D eigenvalue weighted by atomic mass is 9.88. The Bertz CT molecular complexity index is 631. The van der Waals surface area contributed by atoms with Crippen LogP contribution >= 0.6 is 0 Å². The number of ether oxygens (including phenoxy) is 1. The van der Waals surface area contributed by atoms with Crippen molar-refractivity contribution in [2.24, 2.45) is 0 Å². The van der Waals surface area contributed by atoms with Crippen molar-refractivity contribution in [3.05, 3.63) is 71.3 Å². The van der Waals surface area contributed by atoms with Crippen LogP contribution in [0.3, 0.4) is 0 Å². The van der Waals surface area contributed by atoms with Gasteiger partial charge in [0.1, 0.15) is 12.4 Å². The number of benzene rings is 2. The zero-order valence-corrected chi connectivity index (χ0v) is 11.9. The molecule has 0 saturated heterocycles. The van der Waals surface area contributed by atoms with Crippen LogP contribution < -0.4 is 10.1 Å². The Morgan fingerprint density at radius 2 is 1.70 bits per heavy atom. The molecule has 0 aromatic heterocycles. The summed E-state index contributed by atoms with van der Waals surface area (Å²) >= 11 is 0. The summed E-state index contributed by atoms with van der Waals surface area (Å²) in [6.45, 7) is 2.82. The number of para-hydroxylation sites is 1. The van der Waals surface area contributed by atoms with E-state index in [0.29, 0.717) is 12.6 Å². The molecule has 2 nitrogen and oxygen atoms in total. The van der Waals surface area contributed by atoms with Gasteiger partial charge in [-0.3, -0.25) is 0 Å². The molecule has 0 aliphatic carbocycles. The molecule has 1 aliphatic rings. The molecule has 20 heavy (non-hydrogen) atoms. The Balaban J connectivity index is 2.22. The van der Waals surface area contributed by atoms with E-state index in [4.69, 9.17) is 4.74 Å². The van der Waals surface area contributed by atoms with Crippen molar-refractivity contribution in [1.82, 2.24) is 5.32 Å². The summed E-state index contributed by atoms with van der Waals surface area (Å²) in [7, 11) is 1.99. The second kappa shape index (κ2) is 5.51. The average molecular weight is 265 g/mol. The molecule has 1 unspecified atom stereocenters. The highest BCUT2D eigenvalue weighted by molar-refractivity contribution is 5.86. The summed E-state index contributed by atoms with van der Waals surface area (Å²) in [4.78, 5) is 0. The molecule has 0 bridgehead atoms. The summed E-state index contributed by atoms with van der Waals surface area (Å²) in [6.07, 6.45) is 0. The quantitative estimate of drug-likeness (QED) is 0.917. The SMILES string of the molecule is CNC(C)C1=C(c2ccccc2)c2ccccc2OC1. The number of nitrogens with one attached hydrogen (secondary N) is 1. The third-order valence-corrected chi connectivity index (χ3v) is 3.88. The van der Waals surface area contributed by atoms with Gasteiger partial charge in [0.2, 0.25) is 0 Å². The van der Waals surface area contributed by atoms with Crippen molar-refractivity contribution >= 4 is 5.57 Å². The van der Waals surface area contributed by atoms with Crippen LogP contribution in [0.1, 0.15) is 18.1 Å². The Morgan fingerprint density at radius 1 is 1.00 bits per heavy atom. The van der Waals surface area contributed by atoms with Crippen LogP contribution in [0.5, 0.6) is 5.75 Å². The van der Waals surface area contributed by atoms with Crippen molar-refractivity contribution in [1.29, 1.82) is 0 Å². The van der Waals surface area contributed by atoms with E-state index in [1.165, 1.54) is 22.3 Å². The Labute approximate surface area is 120 Å². The maximum absolute atomic E-state index is 5.91. The highest BCUT2D eigenvalue weighted by Gasteiger charge is 2.23. The lowest BCUT2D eigenvalue weighted by Gasteiger charge is -2.27. The highest BCUT2D eigenvalue weighted by atomic mass is 16.5. The minimum absolute atomic E-state index is 0.290. The van der Waals surface area contributed by atoms with E-state index in [9.17, 15) is 0 Å². The maximum Gasteiger partial charge on any atom is 0.127 e. The molecule has 2 aromatic carbocycles. The lowest BCUT2D eigenvalue weighted by molar-refractivity contribution is 0.334. The van der Waals surface area contributed by atoms with E-state index in [1.807, 2.05) is 19.2 Å². The maximum atomic E-state index is 5.91. The van der Waals surface area contributed by atoms with Gasteiger partial charge in [0.05, 0.1) is 0 Å². The van der Waals surface area contributed by atoms with Crippen molar-refractivity contribution in [2.45, 2.75) is 13.0 Å². The molecule has 0 spiro atoms. The van der Waals surface area contributed by atoms with Crippen LogP contribution in [-0.4, -0.2) is 19.7 Å². The van der Waals surface area contributed by atoms with Crippen LogP contribution in [0.15, 0.2) is 60.2 Å². The van der Waals surface area contributed by atoms with Crippen molar-refractivity contribution < 1.29 is 4.74 Å². The van der Waals surface area contributed by atoms with Crippen LogP contribution in [-0.2, 0) is 0 Å². The fraction of sp³-hybridized carbons (Fsp3) is 0.222. The fourth-order valence-electron chi connectivity index (χ4n) is 2.66. The number of hydrogen-bond acceptors (Lipinski definition) is 2. The molecule has 1 heterocycles. The molecule has 0 fully saturated rings. The lowest BCUT2D eigenvalue weighted by Crippen LogP contribution is -2.29. The van der Waals surface area contributed by atoms with Gasteiger partial charge in [-0.25, -0.2) is 0 Å². The summed E-state index contributed by atoms with van der Waals surface area (Å²) in [5.41, 5.74) is 5.04. The van der Waals surface area contributed by atoms with Crippen LogP contribution in [0, 0.1) is 0 Å². The van der Waals surface area contributed by atoms with Crippen molar-refractivity contribution in [2.75, 3.05) is 13.7 Å².